The molecule has 1 saturated heterocycles. The van der Waals surface area contributed by atoms with E-state index >= 15 is 0 Å². The number of hydrogen-bond donors (Lipinski definition) is 4. The van der Waals surface area contributed by atoms with Gasteiger partial charge in [0.15, 0.2) is 10.8 Å². The van der Waals surface area contributed by atoms with Gasteiger partial charge in [0.25, 0.3) is 11.8 Å². The smallest absolute Gasteiger partial charge is 0.358 e. The molecule has 4 rings (SSSR count). The largest absolute Gasteiger partial charge is 0.427 e. The zero-order valence-electron chi connectivity index (χ0n) is 24.2. The van der Waals surface area contributed by atoms with Crippen LogP contribution in [-0.2, 0) is 33.5 Å². The number of carbonyl (C=O) groups is 4. The third-order valence-electron chi connectivity index (χ3n) is 5.81. The zero-order valence-corrected chi connectivity index (χ0v) is 28.2. The minimum atomic E-state index is -1.03. The molecule has 2 aromatic heterocycles. The average Bonchev–Trinajstić information content (AvgIpc) is 3.29. The number of oxime groups is 1. The van der Waals surface area contributed by atoms with E-state index in [1.165, 1.54) is 47.3 Å². The Balaban J connectivity index is 1.52. The van der Waals surface area contributed by atoms with Crippen molar-refractivity contribution < 1.29 is 33.5 Å². The van der Waals surface area contributed by atoms with Crippen LogP contribution in [0.2, 0.25) is 4.34 Å². The van der Waals surface area contributed by atoms with Gasteiger partial charge in [-0.3, -0.25) is 19.3 Å². The number of β-lactam (4-membered cyclic amide) rings is 1. The summed E-state index contributed by atoms with van der Waals surface area (Å²) in [6.45, 7) is 4.31. The Hall–Kier alpha value is -3.46. The Morgan fingerprint density at radius 3 is 2.53 bits per heavy atom. The molecule has 2 amide bonds. The Morgan fingerprint density at radius 1 is 1.18 bits per heavy atom. The van der Waals surface area contributed by atoms with Gasteiger partial charge in [0.2, 0.25) is 12.7 Å². The van der Waals surface area contributed by atoms with Crippen LogP contribution in [0.15, 0.2) is 26.9 Å². The van der Waals surface area contributed by atoms with E-state index in [-0.39, 0.29) is 38.3 Å². The summed E-state index contributed by atoms with van der Waals surface area (Å²) in [6, 6.07) is 0.523. The first-order chi connectivity index (χ1) is 21.2. The summed E-state index contributed by atoms with van der Waals surface area (Å²) in [5.74, 6) is -2.31. The van der Waals surface area contributed by atoms with Gasteiger partial charge in [-0.05, 0) is 20.8 Å². The van der Waals surface area contributed by atoms with Crippen LogP contribution in [0.3, 0.4) is 0 Å². The summed E-state index contributed by atoms with van der Waals surface area (Å²) in [5, 5.41) is 6.66. The molecule has 0 bridgehead atoms. The SMILES string of the molecule is CON=C(C(=O)NC1C(=O)N2C(C(=O)OCOC(=O)C(C)(C)C)=C(SCSc3cc(N)nc(N)n3)CSC12)c1nc(N)sc1Cl. The molecule has 2 aliphatic heterocycles. The summed E-state index contributed by atoms with van der Waals surface area (Å²) in [7, 11) is 1.23. The lowest BCUT2D eigenvalue weighted by Gasteiger charge is -2.49. The van der Waals surface area contributed by atoms with Gasteiger partial charge in [-0.1, -0.05) is 39.9 Å². The molecule has 0 spiro atoms. The highest BCUT2D eigenvalue weighted by Gasteiger charge is 2.55. The molecule has 4 heterocycles. The van der Waals surface area contributed by atoms with Crippen molar-refractivity contribution in [3.05, 3.63) is 26.7 Å². The Bertz CT molecular complexity index is 1560. The highest BCUT2D eigenvalue weighted by Crippen LogP contribution is 2.45. The molecule has 7 N–H and O–H groups in total. The summed E-state index contributed by atoms with van der Waals surface area (Å²) in [4.78, 5) is 70.7. The normalized spacial score (nSPS) is 18.2. The van der Waals surface area contributed by atoms with Crippen molar-refractivity contribution in [1.82, 2.24) is 25.2 Å². The van der Waals surface area contributed by atoms with Crippen molar-refractivity contribution in [2.24, 2.45) is 10.6 Å². The molecule has 16 nitrogen and oxygen atoms in total. The average molecular weight is 718 g/mol. The molecular weight excluding hydrogens is 690 g/mol. The number of anilines is 3. The van der Waals surface area contributed by atoms with Crippen LogP contribution in [0.25, 0.3) is 0 Å². The van der Waals surface area contributed by atoms with Crippen molar-refractivity contribution in [3.8, 4) is 0 Å². The van der Waals surface area contributed by atoms with E-state index in [0.717, 1.165) is 11.3 Å². The quantitative estimate of drug-likeness (QED) is 0.0493. The van der Waals surface area contributed by atoms with E-state index in [2.05, 4.69) is 25.4 Å². The highest BCUT2D eigenvalue weighted by molar-refractivity contribution is 8.18. The molecule has 2 unspecified atom stereocenters. The lowest BCUT2D eigenvalue weighted by Crippen LogP contribution is -2.71. The molecule has 2 aliphatic rings. The number of halogens is 1. The number of ether oxygens (including phenoxy) is 2. The molecule has 21 heteroatoms. The lowest BCUT2D eigenvalue weighted by molar-refractivity contribution is -0.173. The van der Waals surface area contributed by atoms with Gasteiger partial charge in [-0.15, -0.1) is 23.5 Å². The number of esters is 2. The second kappa shape index (κ2) is 14.3. The fourth-order valence-electron chi connectivity index (χ4n) is 3.77. The van der Waals surface area contributed by atoms with Crippen molar-refractivity contribution >= 4 is 105 Å². The predicted octanol–water partition coefficient (Wildman–Crippen LogP) is 1.87. The summed E-state index contributed by atoms with van der Waals surface area (Å²) >= 11 is 11.0. The van der Waals surface area contributed by atoms with Gasteiger partial charge in [0, 0.05) is 21.8 Å². The van der Waals surface area contributed by atoms with E-state index in [4.69, 9.17) is 43.1 Å². The first-order valence-electron chi connectivity index (χ1n) is 12.7. The van der Waals surface area contributed by atoms with Crippen LogP contribution in [0.4, 0.5) is 16.9 Å². The third kappa shape index (κ3) is 8.04. The van der Waals surface area contributed by atoms with Gasteiger partial charge in [-0.2, -0.15) is 4.98 Å². The van der Waals surface area contributed by atoms with Crippen molar-refractivity contribution in [3.63, 3.8) is 0 Å². The number of thioether (sulfide) groups is 3. The number of rotatable bonds is 11. The van der Waals surface area contributed by atoms with Gasteiger partial charge in [0.1, 0.15) is 45.1 Å². The number of nitrogens with zero attached hydrogens (tertiary/aromatic N) is 5. The minimum absolute atomic E-state index is 0.00389. The molecule has 0 radical (unpaired) electrons. The number of aromatic nitrogens is 3. The Labute approximate surface area is 278 Å². The maximum absolute atomic E-state index is 13.4. The Morgan fingerprint density at radius 2 is 1.91 bits per heavy atom. The Kier molecular flexibility index (Phi) is 10.9. The predicted molar refractivity (Wildman–Crippen MR) is 173 cm³/mol. The number of nitrogens with one attached hydrogen (secondary N) is 1. The molecule has 0 aliphatic carbocycles. The number of carbonyl (C=O) groups excluding carboxylic acids is 4. The number of hydrogen-bond acceptors (Lipinski definition) is 18. The first kappa shape index (κ1) is 34.4. The van der Waals surface area contributed by atoms with Crippen LogP contribution >= 0.6 is 58.2 Å². The van der Waals surface area contributed by atoms with E-state index < -0.39 is 47.4 Å². The molecule has 45 heavy (non-hydrogen) atoms. The molecule has 0 aromatic carbocycles. The van der Waals surface area contributed by atoms with E-state index in [9.17, 15) is 19.2 Å². The van der Waals surface area contributed by atoms with E-state index in [0.29, 0.717) is 20.8 Å². The first-order valence-corrected chi connectivity index (χ1v) is 16.9. The fraction of sp³-hybridized carbons (Fsp3) is 0.417. The second-order valence-corrected chi connectivity index (χ2v) is 15.2. The van der Waals surface area contributed by atoms with Crippen LogP contribution in [-0.4, -0.2) is 85.5 Å². The van der Waals surface area contributed by atoms with Gasteiger partial charge < -0.3 is 36.8 Å². The fourth-order valence-corrected chi connectivity index (χ4v) is 8.39. The van der Waals surface area contributed by atoms with Crippen molar-refractivity contribution in [1.29, 1.82) is 0 Å². The van der Waals surface area contributed by atoms with E-state index in [1.54, 1.807) is 26.8 Å². The third-order valence-corrected chi connectivity index (χ3v) is 10.5. The summed E-state index contributed by atoms with van der Waals surface area (Å²) < 4.78 is 10.5. The molecule has 0 saturated carbocycles. The minimum Gasteiger partial charge on any atom is -0.427 e. The number of fused-ring (bicyclic) bond motifs is 1. The lowest BCUT2D eigenvalue weighted by atomic mass is 9.98. The molecule has 2 atom stereocenters. The molecule has 1 fully saturated rings. The van der Waals surface area contributed by atoms with Crippen molar-refractivity contribution in [2.45, 2.75) is 37.2 Å². The summed E-state index contributed by atoms with van der Waals surface area (Å²) in [6.07, 6.45) is 0. The van der Waals surface area contributed by atoms with Crippen LogP contribution in [0.5, 0.6) is 0 Å². The molecular formula is C24H28ClN9O7S4. The van der Waals surface area contributed by atoms with Crippen LogP contribution in [0.1, 0.15) is 26.5 Å². The number of nitrogen functional groups attached to an aromatic ring is 3. The molecule has 2 aromatic rings. The summed E-state index contributed by atoms with van der Waals surface area (Å²) in [5.41, 5.74) is 16.0. The monoisotopic (exact) mass is 717 g/mol. The highest BCUT2D eigenvalue weighted by atomic mass is 35.5. The number of nitrogens with two attached hydrogens (primary N) is 3. The number of amides is 2. The number of thiazole rings is 1. The second-order valence-electron chi connectivity index (χ2n) is 10.1. The van der Waals surface area contributed by atoms with E-state index in [1.807, 2.05) is 0 Å². The topological polar surface area (TPSA) is 240 Å². The van der Waals surface area contributed by atoms with Crippen LogP contribution in [0, 0.1) is 5.41 Å². The maximum Gasteiger partial charge on any atom is 0.358 e. The van der Waals surface area contributed by atoms with Gasteiger partial charge >= 0.3 is 11.9 Å². The van der Waals surface area contributed by atoms with Gasteiger partial charge in [-0.25, -0.2) is 14.8 Å². The molecule has 242 valence electrons. The zero-order chi connectivity index (χ0) is 33.1. The van der Waals surface area contributed by atoms with Crippen LogP contribution < -0.4 is 22.5 Å². The van der Waals surface area contributed by atoms with Gasteiger partial charge in [0.05, 0.1) is 5.41 Å². The maximum atomic E-state index is 13.4. The standard InChI is InChI=1S/C24H28ClN9O7S4/c1-24(2,3)21(38)41-7-40-20(37)15-9(43-8-44-11-5-10(26)29-22(27)30-11)6-42-19-14(18(36)34(15)19)31-17(35)13(33-39-4)12-16(25)45-23(28)32-12/h5,14,19H,6-8H2,1-4H3,(H2,28,32)(H,31,35)(H4,26,27,29,30). The van der Waals surface area contributed by atoms with Crippen molar-refractivity contribution in [2.75, 3.05) is 41.9 Å².